The molecule has 27 heavy (non-hydrogen) atoms. The van der Waals surface area contributed by atoms with Crippen molar-refractivity contribution in [2.75, 3.05) is 6.61 Å². The summed E-state index contributed by atoms with van der Waals surface area (Å²) in [5.41, 5.74) is 2.87. The Balaban J connectivity index is 1.72. The van der Waals surface area contributed by atoms with Crippen LogP contribution in [-0.4, -0.2) is 29.5 Å². The van der Waals surface area contributed by atoms with Crippen LogP contribution in [0.1, 0.15) is 56.6 Å². The third-order valence-corrected chi connectivity index (χ3v) is 4.60. The maximum absolute atomic E-state index is 12.5. The van der Waals surface area contributed by atoms with E-state index >= 15 is 0 Å². The first-order chi connectivity index (χ1) is 12.8. The second-order valence-corrected chi connectivity index (χ2v) is 6.76. The summed E-state index contributed by atoms with van der Waals surface area (Å²) in [6, 6.07) is 6.48. The van der Waals surface area contributed by atoms with Gasteiger partial charge >= 0.3 is 12.6 Å². The van der Waals surface area contributed by atoms with E-state index in [1.54, 1.807) is 19.1 Å². The second kappa shape index (κ2) is 7.50. The van der Waals surface area contributed by atoms with E-state index < -0.39 is 25.0 Å². The highest BCUT2D eigenvalue weighted by Crippen LogP contribution is 2.38. The molecule has 1 fully saturated rings. The lowest BCUT2D eigenvalue weighted by Crippen LogP contribution is -2.16. The molecular weight excluding hydrogens is 356 g/mol. The molecule has 1 aliphatic carbocycles. The van der Waals surface area contributed by atoms with E-state index in [-0.39, 0.29) is 11.3 Å². The van der Waals surface area contributed by atoms with Gasteiger partial charge in [-0.1, -0.05) is 11.6 Å². The normalized spacial score (nSPS) is 13.7. The molecule has 0 unspecified atom stereocenters. The minimum atomic E-state index is -3.05. The Morgan fingerprint density at radius 3 is 2.48 bits per heavy atom. The Hall–Kier alpha value is -2.70. The maximum Gasteiger partial charge on any atom is 0.387 e. The molecule has 5 nitrogen and oxygen atoms in total. The summed E-state index contributed by atoms with van der Waals surface area (Å²) in [4.78, 5) is 24.8. The Morgan fingerprint density at radius 2 is 1.85 bits per heavy atom. The average molecular weight is 377 g/mol. The van der Waals surface area contributed by atoms with Gasteiger partial charge in [0.2, 0.25) is 5.78 Å². The predicted molar refractivity (Wildman–Crippen MR) is 94.6 cm³/mol. The topological polar surface area (TPSA) is 57.5 Å². The minimum absolute atomic E-state index is 0.0356. The van der Waals surface area contributed by atoms with Gasteiger partial charge in [0.25, 0.3) is 0 Å². The third kappa shape index (κ3) is 4.18. The summed E-state index contributed by atoms with van der Waals surface area (Å²) >= 11 is 0. The lowest BCUT2D eigenvalue weighted by Gasteiger charge is -2.11. The molecule has 144 valence electrons. The summed E-state index contributed by atoms with van der Waals surface area (Å²) in [5, 5.41) is 0. The summed E-state index contributed by atoms with van der Waals surface area (Å²) in [6.07, 6.45) is 2.17. The number of aryl methyl sites for hydroxylation is 2. The van der Waals surface area contributed by atoms with Gasteiger partial charge in [-0.15, -0.1) is 0 Å². The fourth-order valence-electron chi connectivity index (χ4n) is 3.23. The van der Waals surface area contributed by atoms with Crippen LogP contribution in [0.2, 0.25) is 0 Å². The quantitative estimate of drug-likeness (QED) is 0.530. The number of hydrogen-bond acceptors (Lipinski definition) is 4. The van der Waals surface area contributed by atoms with Gasteiger partial charge in [0.15, 0.2) is 6.61 Å². The van der Waals surface area contributed by atoms with Crippen LogP contribution in [-0.2, 0) is 4.74 Å². The van der Waals surface area contributed by atoms with Crippen LogP contribution in [0.5, 0.6) is 5.75 Å². The van der Waals surface area contributed by atoms with Gasteiger partial charge in [0, 0.05) is 17.4 Å². The summed E-state index contributed by atoms with van der Waals surface area (Å²) in [6.45, 7) is 1.90. The average Bonchev–Trinajstić information content (AvgIpc) is 3.38. The van der Waals surface area contributed by atoms with Crippen LogP contribution in [0, 0.1) is 20.8 Å². The molecule has 7 heteroatoms. The van der Waals surface area contributed by atoms with Crippen LogP contribution < -0.4 is 4.74 Å². The van der Waals surface area contributed by atoms with Crippen molar-refractivity contribution in [1.82, 2.24) is 4.57 Å². The number of esters is 1. The standard InChI is InChI=1S/C20H21F2NO4/c1-11-4-7-18(27-20(21)22)16(8-11)17(24)10-26-19(25)15-9-12(2)23(13(15)3)14-5-6-14/h4,7-9,14,20H,5-6,10H2,1-3H3. The molecule has 1 aromatic carbocycles. The maximum atomic E-state index is 12.5. The molecular formula is C20H21F2NO4. The summed E-state index contributed by atoms with van der Waals surface area (Å²) in [5.74, 6) is -1.44. The molecule has 1 aliphatic rings. The minimum Gasteiger partial charge on any atom is -0.454 e. The van der Waals surface area contributed by atoms with Crippen molar-refractivity contribution >= 4 is 11.8 Å². The van der Waals surface area contributed by atoms with Gasteiger partial charge in [-0.2, -0.15) is 8.78 Å². The van der Waals surface area contributed by atoms with Gasteiger partial charge in [0.1, 0.15) is 5.75 Å². The van der Waals surface area contributed by atoms with Crippen LogP contribution in [0.15, 0.2) is 24.3 Å². The molecule has 0 radical (unpaired) electrons. The van der Waals surface area contributed by atoms with E-state index in [9.17, 15) is 18.4 Å². The van der Waals surface area contributed by atoms with Gasteiger partial charge < -0.3 is 14.0 Å². The monoisotopic (exact) mass is 377 g/mol. The van der Waals surface area contributed by atoms with Crippen molar-refractivity contribution in [2.45, 2.75) is 46.3 Å². The third-order valence-electron chi connectivity index (χ3n) is 4.60. The number of benzene rings is 1. The van der Waals surface area contributed by atoms with Gasteiger partial charge in [-0.3, -0.25) is 4.79 Å². The van der Waals surface area contributed by atoms with Crippen molar-refractivity contribution in [1.29, 1.82) is 0 Å². The van der Waals surface area contributed by atoms with Crippen LogP contribution >= 0.6 is 0 Å². The molecule has 1 heterocycles. The van der Waals surface area contributed by atoms with Crippen molar-refractivity contribution in [2.24, 2.45) is 0 Å². The highest BCUT2D eigenvalue weighted by atomic mass is 19.3. The van der Waals surface area contributed by atoms with Crippen LogP contribution in [0.4, 0.5) is 8.78 Å². The number of carbonyl (C=O) groups excluding carboxylic acids is 2. The zero-order valence-electron chi connectivity index (χ0n) is 15.4. The highest BCUT2D eigenvalue weighted by molar-refractivity contribution is 6.01. The van der Waals surface area contributed by atoms with E-state index in [4.69, 9.17) is 4.74 Å². The number of ether oxygens (including phenoxy) is 2. The zero-order valence-corrected chi connectivity index (χ0v) is 15.4. The molecule has 2 aromatic rings. The molecule has 0 amide bonds. The Kier molecular flexibility index (Phi) is 5.30. The first-order valence-corrected chi connectivity index (χ1v) is 8.72. The first kappa shape index (κ1) is 19.1. The Labute approximate surface area is 155 Å². The lowest BCUT2D eigenvalue weighted by molar-refractivity contribution is -0.0502. The number of nitrogens with zero attached hydrogens (tertiary/aromatic N) is 1. The fraction of sp³-hybridized carbons (Fsp3) is 0.400. The van der Waals surface area contributed by atoms with E-state index in [0.29, 0.717) is 17.2 Å². The summed E-state index contributed by atoms with van der Waals surface area (Å²) < 4.78 is 36.7. The van der Waals surface area contributed by atoms with Crippen molar-refractivity contribution in [3.05, 3.63) is 52.3 Å². The largest absolute Gasteiger partial charge is 0.454 e. The van der Waals surface area contributed by atoms with E-state index in [2.05, 4.69) is 9.30 Å². The van der Waals surface area contributed by atoms with E-state index in [1.807, 2.05) is 13.8 Å². The number of halogens is 2. The predicted octanol–water partition coefficient (Wildman–Crippen LogP) is 4.39. The first-order valence-electron chi connectivity index (χ1n) is 8.72. The number of ketones is 1. The lowest BCUT2D eigenvalue weighted by atomic mass is 10.1. The van der Waals surface area contributed by atoms with E-state index in [0.717, 1.165) is 24.2 Å². The molecule has 0 bridgehead atoms. The number of aromatic nitrogens is 1. The van der Waals surface area contributed by atoms with Gasteiger partial charge in [-0.05, 0) is 51.8 Å². The van der Waals surface area contributed by atoms with Gasteiger partial charge in [0.05, 0.1) is 11.1 Å². The number of carbonyl (C=O) groups is 2. The number of hydrogen-bond donors (Lipinski definition) is 0. The Bertz CT molecular complexity index is 884. The number of Topliss-reactive ketones (excluding diaryl/α,β-unsaturated/α-hetero) is 1. The fourth-order valence-corrected chi connectivity index (χ4v) is 3.23. The molecule has 0 saturated heterocycles. The van der Waals surface area contributed by atoms with Crippen LogP contribution in [0.3, 0.4) is 0 Å². The van der Waals surface area contributed by atoms with Crippen molar-refractivity contribution in [3.63, 3.8) is 0 Å². The highest BCUT2D eigenvalue weighted by Gasteiger charge is 2.29. The van der Waals surface area contributed by atoms with Crippen LogP contribution in [0.25, 0.3) is 0 Å². The summed E-state index contributed by atoms with van der Waals surface area (Å²) in [7, 11) is 0. The number of alkyl halides is 2. The number of rotatable bonds is 7. The van der Waals surface area contributed by atoms with E-state index in [1.165, 1.54) is 12.1 Å². The molecule has 1 saturated carbocycles. The molecule has 0 N–H and O–H groups in total. The SMILES string of the molecule is Cc1ccc(OC(F)F)c(C(=O)COC(=O)c2cc(C)n(C3CC3)c2C)c1. The second-order valence-electron chi connectivity index (χ2n) is 6.76. The Morgan fingerprint density at radius 1 is 1.15 bits per heavy atom. The van der Waals surface area contributed by atoms with Crippen molar-refractivity contribution in [3.8, 4) is 5.75 Å². The molecule has 1 aromatic heterocycles. The van der Waals surface area contributed by atoms with Crippen molar-refractivity contribution < 1.29 is 27.8 Å². The van der Waals surface area contributed by atoms with Gasteiger partial charge in [-0.25, -0.2) is 4.79 Å². The molecule has 0 spiro atoms. The molecule has 0 aliphatic heterocycles. The smallest absolute Gasteiger partial charge is 0.387 e. The molecule has 3 rings (SSSR count). The molecule has 0 atom stereocenters. The zero-order chi connectivity index (χ0) is 19.7.